The van der Waals surface area contributed by atoms with Crippen molar-refractivity contribution in [1.29, 1.82) is 0 Å². The van der Waals surface area contributed by atoms with Crippen LogP contribution >= 0.6 is 11.3 Å². The van der Waals surface area contributed by atoms with Crippen LogP contribution in [0.4, 0.5) is 0 Å². The van der Waals surface area contributed by atoms with Gasteiger partial charge in [-0.05, 0) is 43.3 Å². The van der Waals surface area contributed by atoms with E-state index in [0.717, 1.165) is 6.04 Å². The van der Waals surface area contributed by atoms with E-state index in [4.69, 9.17) is 0 Å². The molecule has 2 aliphatic rings. The molecule has 1 fully saturated rings. The third kappa shape index (κ3) is 1.25. The smallest absolute Gasteiger partial charge is 0.0300 e. The van der Waals surface area contributed by atoms with Crippen molar-refractivity contribution in [1.82, 2.24) is 4.90 Å². The van der Waals surface area contributed by atoms with E-state index in [1.54, 1.807) is 5.57 Å². The maximum Gasteiger partial charge on any atom is 0.0300 e. The van der Waals surface area contributed by atoms with Gasteiger partial charge in [-0.2, -0.15) is 0 Å². The van der Waals surface area contributed by atoms with Crippen LogP contribution in [0.1, 0.15) is 24.1 Å². The van der Waals surface area contributed by atoms with Gasteiger partial charge < -0.3 is 0 Å². The van der Waals surface area contributed by atoms with E-state index in [9.17, 15) is 0 Å². The first-order valence-electron chi connectivity index (χ1n) is 5.31. The van der Waals surface area contributed by atoms with E-state index in [0.29, 0.717) is 6.04 Å². The number of nitrogens with zero attached hydrogens (tertiary/aromatic N) is 1. The summed E-state index contributed by atoms with van der Waals surface area (Å²) in [5.41, 5.74) is 1.59. The van der Waals surface area contributed by atoms with Crippen molar-refractivity contribution >= 4 is 16.9 Å². The molecule has 1 aromatic heterocycles. The first-order chi connectivity index (χ1) is 6.84. The summed E-state index contributed by atoms with van der Waals surface area (Å²) in [6.45, 7) is 0. The van der Waals surface area contributed by atoms with Crippen LogP contribution in [0.5, 0.6) is 0 Å². The van der Waals surface area contributed by atoms with Crippen molar-refractivity contribution in [3.8, 4) is 0 Å². The third-order valence-electron chi connectivity index (χ3n) is 3.58. The van der Waals surface area contributed by atoms with Gasteiger partial charge in [0.15, 0.2) is 0 Å². The zero-order valence-corrected chi connectivity index (χ0v) is 9.26. The summed E-state index contributed by atoms with van der Waals surface area (Å²) >= 11 is 1.88. The Kier molecular flexibility index (Phi) is 1.99. The summed E-state index contributed by atoms with van der Waals surface area (Å²) in [5, 5.41) is 2.18. The van der Waals surface area contributed by atoms with Gasteiger partial charge in [0.2, 0.25) is 0 Å². The molecule has 3 heterocycles. The molecule has 0 radical (unpaired) electrons. The van der Waals surface area contributed by atoms with Crippen LogP contribution in [0.2, 0.25) is 0 Å². The summed E-state index contributed by atoms with van der Waals surface area (Å²) in [6.07, 6.45) is 6.48. The van der Waals surface area contributed by atoms with Gasteiger partial charge >= 0.3 is 0 Å². The maximum absolute atomic E-state index is 2.54. The van der Waals surface area contributed by atoms with Crippen LogP contribution in [0.25, 0.3) is 5.57 Å². The van der Waals surface area contributed by atoms with Gasteiger partial charge in [0, 0.05) is 17.0 Å². The predicted octanol–water partition coefficient (Wildman–Crippen LogP) is 3.00. The highest BCUT2D eigenvalue weighted by Crippen LogP contribution is 2.38. The Hall–Kier alpha value is -0.600. The molecule has 2 bridgehead atoms. The molecule has 0 aromatic carbocycles. The Balaban J connectivity index is 1.94. The summed E-state index contributed by atoms with van der Waals surface area (Å²) in [4.78, 5) is 4.02. The van der Waals surface area contributed by atoms with E-state index in [2.05, 4.69) is 35.5 Å². The lowest BCUT2D eigenvalue weighted by Crippen LogP contribution is -2.34. The molecule has 0 spiro atoms. The fraction of sp³-hybridized carbons (Fsp3) is 0.500. The van der Waals surface area contributed by atoms with Crippen molar-refractivity contribution in [2.45, 2.75) is 31.3 Å². The monoisotopic (exact) mass is 205 g/mol. The SMILES string of the molecule is CN1C2C=C(c3cccs3)CC1CC2. The fourth-order valence-electron chi connectivity index (χ4n) is 2.69. The lowest BCUT2D eigenvalue weighted by Gasteiger charge is -2.29. The summed E-state index contributed by atoms with van der Waals surface area (Å²) < 4.78 is 0. The number of hydrogen-bond acceptors (Lipinski definition) is 2. The molecule has 0 amide bonds. The zero-order valence-electron chi connectivity index (χ0n) is 8.44. The van der Waals surface area contributed by atoms with Gasteiger partial charge in [-0.1, -0.05) is 12.1 Å². The molecule has 14 heavy (non-hydrogen) atoms. The van der Waals surface area contributed by atoms with Crippen LogP contribution in [0.3, 0.4) is 0 Å². The quantitative estimate of drug-likeness (QED) is 0.681. The molecule has 1 nitrogen and oxygen atoms in total. The fourth-order valence-corrected chi connectivity index (χ4v) is 3.45. The Bertz CT molecular complexity index is 352. The van der Waals surface area contributed by atoms with Crippen LogP contribution in [-0.4, -0.2) is 24.0 Å². The van der Waals surface area contributed by atoms with Crippen LogP contribution in [0, 0.1) is 0 Å². The molecule has 74 valence electrons. The Labute approximate surface area is 89.0 Å². The molecule has 0 N–H and O–H groups in total. The van der Waals surface area contributed by atoms with Gasteiger partial charge in [-0.25, -0.2) is 0 Å². The number of hydrogen-bond donors (Lipinski definition) is 0. The van der Waals surface area contributed by atoms with Gasteiger partial charge in [-0.3, -0.25) is 4.90 Å². The largest absolute Gasteiger partial charge is 0.297 e. The Morgan fingerprint density at radius 1 is 1.43 bits per heavy atom. The summed E-state index contributed by atoms with van der Waals surface area (Å²) in [5.74, 6) is 0. The number of fused-ring (bicyclic) bond motifs is 2. The van der Waals surface area contributed by atoms with Gasteiger partial charge in [0.25, 0.3) is 0 Å². The summed E-state index contributed by atoms with van der Waals surface area (Å²) in [6, 6.07) is 5.93. The molecule has 1 saturated heterocycles. The van der Waals surface area contributed by atoms with Crippen molar-refractivity contribution in [3.63, 3.8) is 0 Å². The Morgan fingerprint density at radius 2 is 2.36 bits per heavy atom. The highest BCUT2D eigenvalue weighted by molar-refractivity contribution is 7.11. The molecular formula is C12H15NS. The van der Waals surface area contributed by atoms with Crippen LogP contribution < -0.4 is 0 Å². The Morgan fingerprint density at radius 3 is 3.07 bits per heavy atom. The van der Waals surface area contributed by atoms with Crippen molar-refractivity contribution < 1.29 is 0 Å². The first kappa shape index (κ1) is 8.69. The topological polar surface area (TPSA) is 3.24 Å². The molecular weight excluding hydrogens is 190 g/mol. The average Bonchev–Trinajstić information content (AvgIpc) is 2.75. The van der Waals surface area contributed by atoms with Gasteiger partial charge in [0.1, 0.15) is 0 Å². The molecule has 0 aliphatic carbocycles. The summed E-state index contributed by atoms with van der Waals surface area (Å²) in [7, 11) is 2.27. The number of thiophene rings is 1. The van der Waals surface area contributed by atoms with E-state index < -0.39 is 0 Å². The molecule has 1 aromatic rings. The highest BCUT2D eigenvalue weighted by atomic mass is 32.1. The molecule has 3 rings (SSSR count). The van der Waals surface area contributed by atoms with Crippen LogP contribution in [0.15, 0.2) is 23.6 Å². The molecule has 2 atom stereocenters. The predicted molar refractivity (Wildman–Crippen MR) is 61.5 cm³/mol. The molecule has 0 saturated carbocycles. The minimum absolute atomic E-state index is 0.714. The third-order valence-corrected chi connectivity index (χ3v) is 4.53. The average molecular weight is 205 g/mol. The van der Waals surface area contributed by atoms with E-state index in [-0.39, 0.29) is 0 Å². The van der Waals surface area contributed by atoms with Gasteiger partial charge in [-0.15, -0.1) is 11.3 Å². The lowest BCUT2D eigenvalue weighted by atomic mass is 10.0. The van der Waals surface area contributed by atoms with E-state index in [1.165, 1.54) is 24.1 Å². The minimum atomic E-state index is 0.714. The normalized spacial score (nSPS) is 31.9. The second-order valence-corrected chi connectivity index (χ2v) is 5.29. The zero-order chi connectivity index (χ0) is 9.54. The number of likely N-dealkylation sites (N-methyl/N-ethyl adjacent to an activating group) is 1. The second-order valence-electron chi connectivity index (χ2n) is 4.34. The molecule has 2 unspecified atom stereocenters. The molecule has 2 aliphatic heterocycles. The lowest BCUT2D eigenvalue weighted by molar-refractivity contribution is 0.264. The van der Waals surface area contributed by atoms with Gasteiger partial charge in [0.05, 0.1) is 0 Å². The first-order valence-corrected chi connectivity index (χ1v) is 6.19. The van der Waals surface area contributed by atoms with E-state index in [1.807, 2.05) is 11.3 Å². The standard InChI is InChI=1S/C12H15NS/c1-13-10-4-5-11(13)8-9(7-10)12-3-2-6-14-12/h2-3,6-7,10-11H,4-5,8H2,1H3. The van der Waals surface area contributed by atoms with Crippen LogP contribution in [-0.2, 0) is 0 Å². The molecule has 2 heteroatoms. The minimum Gasteiger partial charge on any atom is -0.297 e. The highest BCUT2D eigenvalue weighted by Gasteiger charge is 2.33. The maximum atomic E-state index is 2.54. The van der Waals surface area contributed by atoms with E-state index >= 15 is 0 Å². The van der Waals surface area contributed by atoms with Crippen molar-refractivity contribution in [2.24, 2.45) is 0 Å². The van der Waals surface area contributed by atoms with Crippen molar-refractivity contribution in [3.05, 3.63) is 28.5 Å². The second kappa shape index (κ2) is 3.21. The van der Waals surface area contributed by atoms with Crippen molar-refractivity contribution in [2.75, 3.05) is 7.05 Å². The number of rotatable bonds is 1.